The number of hydrogen-bond donors (Lipinski definition) is 1. The first-order valence-electron chi connectivity index (χ1n) is 6.39. The van der Waals surface area contributed by atoms with Gasteiger partial charge in [0.25, 0.3) is 0 Å². The summed E-state index contributed by atoms with van der Waals surface area (Å²) < 4.78 is 11.0. The van der Waals surface area contributed by atoms with Crippen LogP contribution in [-0.2, 0) is 4.74 Å². The van der Waals surface area contributed by atoms with Gasteiger partial charge < -0.3 is 20.1 Å². The van der Waals surface area contributed by atoms with Crippen molar-refractivity contribution in [2.45, 2.75) is 26.9 Å². The number of ether oxygens (including phenoxy) is 2. The Hall–Kier alpha value is -1.42. The van der Waals surface area contributed by atoms with Crippen molar-refractivity contribution < 1.29 is 9.47 Å². The molecular formula is C14H24N2O2. The number of rotatable bonds is 7. The van der Waals surface area contributed by atoms with Crippen LogP contribution in [0.15, 0.2) is 18.2 Å². The Balaban J connectivity index is 2.70. The molecule has 0 heterocycles. The maximum absolute atomic E-state index is 5.89. The molecule has 0 aliphatic rings. The topological polar surface area (TPSA) is 47.7 Å². The van der Waals surface area contributed by atoms with Gasteiger partial charge in [0.1, 0.15) is 5.75 Å². The van der Waals surface area contributed by atoms with Crippen molar-refractivity contribution in [2.75, 3.05) is 37.4 Å². The van der Waals surface area contributed by atoms with Crippen LogP contribution in [0, 0.1) is 0 Å². The fraction of sp³-hybridized carbons (Fsp3) is 0.571. The third-order valence-corrected chi connectivity index (χ3v) is 2.58. The molecule has 1 aromatic carbocycles. The van der Waals surface area contributed by atoms with Gasteiger partial charge in [-0.15, -0.1) is 0 Å². The summed E-state index contributed by atoms with van der Waals surface area (Å²) in [6, 6.07) is 5.85. The Morgan fingerprint density at radius 1 is 1.33 bits per heavy atom. The molecule has 2 N–H and O–H groups in total. The highest BCUT2D eigenvalue weighted by Crippen LogP contribution is 2.28. The second-order valence-corrected chi connectivity index (χ2v) is 4.51. The Bertz CT molecular complexity index is 367. The molecule has 0 spiro atoms. The van der Waals surface area contributed by atoms with Gasteiger partial charge >= 0.3 is 0 Å². The molecule has 4 heteroatoms. The third kappa shape index (κ3) is 4.45. The fourth-order valence-electron chi connectivity index (χ4n) is 1.59. The predicted octanol–water partition coefficient (Wildman–Crippen LogP) is 2.53. The van der Waals surface area contributed by atoms with Gasteiger partial charge in [0.15, 0.2) is 0 Å². The van der Waals surface area contributed by atoms with Crippen LogP contribution in [0.1, 0.15) is 20.8 Å². The smallest absolute Gasteiger partial charge is 0.144 e. The minimum absolute atomic E-state index is 0.122. The quantitative estimate of drug-likeness (QED) is 0.598. The zero-order valence-corrected chi connectivity index (χ0v) is 11.8. The number of nitrogen functional groups attached to an aromatic ring is 1. The summed E-state index contributed by atoms with van der Waals surface area (Å²) in [6.07, 6.45) is 0.122. The van der Waals surface area contributed by atoms with Gasteiger partial charge in [-0.3, -0.25) is 0 Å². The van der Waals surface area contributed by atoms with Gasteiger partial charge in [-0.05, 0) is 32.9 Å². The maximum Gasteiger partial charge on any atom is 0.144 e. The summed E-state index contributed by atoms with van der Waals surface area (Å²) in [6.45, 7) is 8.29. The molecule has 0 saturated carbocycles. The van der Waals surface area contributed by atoms with Gasteiger partial charge in [-0.2, -0.15) is 0 Å². The van der Waals surface area contributed by atoms with Crippen LogP contribution < -0.4 is 15.4 Å². The Morgan fingerprint density at radius 3 is 2.67 bits per heavy atom. The van der Waals surface area contributed by atoms with E-state index in [2.05, 4.69) is 4.90 Å². The van der Waals surface area contributed by atoms with Gasteiger partial charge in [-0.25, -0.2) is 0 Å². The molecular weight excluding hydrogens is 228 g/mol. The van der Waals surface area contributed by atoms with Crippen LogP contribution in [0.25, 0.3) is 0 Å². The molecule has 4 nitrogen and oxygen atoms in total. The van der Waals surface area contributed by atoms with Crippen molar-refractivity contribution in [3.8, 4) is 5.75 Å². The van der Waals surface area contributed by atoms with E-state index in [1.165, 1.54) is 0 Å². The maximum atomic E-state index is 5.89. The van der Waals surface area contributed by atoms with Gasteiger partial charge in [0.2, 0.25) is 0 Å². The van der Waals surface area contributed by atoms with Crippen LogP contribution in [0.4, 0.5) is 11.4 Å². The van der Waals surface area contributed by atoms with E-state index in [1.807, 2.05) is 46.0 Å². The Labute approximate surface area is 110 Å². The van der Waals surface area contributed by atoms with Gasteiger partial charge in [-0.1, -0.05) is 0 Å². The molecule has 0 unspecified atom stereocenters. The molecule has 1 aromatic rings. The number of nitrogens with zero attached hydrogens (tertiary/aromatic N) is 1. The standard InChI is InChI=1S/C14H24N2O2/c1-5-17-9-8-16(4)12-6-7-13(15)14(10-12)18-11(2)3/h6-7,10-11H,5,8-9,15H2,1-4H3. The van der Waals surface area contributed by atoms with E-state index >= 15 is 0 Å². The SMILES string of the molecule is CCOCCN(C)c1ccc(N)c(OC(C)C)c1. The normalized spacial score (nSPS) is 10.7. The molecule has 0 fully saturated rings. The number of likely N-dealkylation sites (N-methyl/N-ethyl adjacent to an activating group) is 1. The van der Waals surface area contributed by atoms with Crippen LogP contribution >= 0.6 is 0 Å². The molecule has 1 rings (SSSR count). The van der Waals surface area contributed by atoms with E-state index in [-0.39, 0.29) is 6.10 Å². The van der Waals surface area contributed by atoms with Crippen LogP contribution in [0.5, 0.6) is 5.75 Å². The highest BCUT2D eigenvalue weighted by atomic mass is 16.5. The van der Waals surface area contributed by atoms with Crippen molar-refractivity contribution in [2.24, 2.45) is 0 Å². The van der Waals surface area contributed by atoms with E-state index in [9.17, 15) is 0 Å². The minimum atomic E-state index is 0.122. The monoisotopic (exact) mass is 252 g/mol. The van der Waals surface area contributed by atoms with Crippen LogP contribution in [0.2, 0.25) is 0 Å². The molecule has 102 valence electrons. The van der Waals surface area contributed by atoms with Gasteiger partial charge in [0, 0.05) is 32.0 Å². The molecule has 0 aliphatic carbocycles. The van der Waals surface area contributed by atoms with Gasteiger partial charge in [0.05, 0.1) is 18.4 Å². The van der Waals surface area contributed by atoms with Crippen molar-refractivity contribution in [1.29, 1.82) is 0 Å². The molecule has 0 saturated heterocycles. The molecule has 18 heavy (non-hydrogen) atoms. The van der Waals surface area contributed by atoms with E-state index in [0.29, 0.717) is 5.69 Å². The Kier molecular flexibility index (Phi) is 5.78. The number of benzene rings is 1. The number of nitrogens with two attached hydrogens (primary N) is 1. The third-order valence-electron chi connectivity index (χ3n) is 2.58. The fourth-order valence-corrected chi connectivity index (χ4v) is 1.59. The summed E-state index contributed by atoms with van der Waals surface area (Å²) in [5, 5.41) is 0. The number of anilines is 2. The van der Waals surface area contributed by atoms with Crippen LogP contribution in [0.3, 0.4) is 0 Å². The van der Waals surface area contributed by atoms with E-state index in [0.717, 1.165) is 31.2 Å². The lowest BCUT2D eigenvalue weighted by Gasteiger charge is -2.21. The van der Waals surface area contributed by atoms with Crippen molar-refractivity contribution in [3.05, 3.63) is 18.2 Å². The second-order valence-electron chi connectivity index (χ2n) is 4.51. The van der Waals surface area contributed by atoms with Crippen molar-refractivity contribution in [3.63, 3.8) is 0 Å². The number of hydrogen-bond acceptors (Lipinski definition) is 4. The summed E-state index contributed by atoms with van der Waals surface area (Å²) >= 11 is 0. The predicted molar refractivity (Wildman–Crippen MR) is 76.4 cm³/mol. The zero-order valence-electron chi connectivity index (χ0n) is 11.8. The first-order chi connectivity index (χ1) is 8.54. The van der Waals surface area contributed by atoms with Crippen molar-refractivity contribution in [1.82, 2.24) is 0 Å². The lowest BCUT2D eigenvalue weighted by Crippen LogP contribution is -2.22. The highest BCUT2D eigenvalue weighted by Gasteiger charge is 2.07. The molecule has 0 bridgehead atoms. The minimum Gasteiger partial charge on any atom is -0.489 e. The van der Waals surface area contributed by atoms with E-state index in [4.69, 9.17) is 15.2 Å². The summed E-state index contributed by atoms with van der Waals surface area (Å²) in [5.41, 5.74) is 7.65. The summed E-state index contributed by atoms with van der Waals surface area (Å²) in [7, 11) is 2.03. The van der Waals surface area contributed by atoms with E-state index < -0.39 is 0 Å². The zero-order chi connectivity index (χ0) is 13.5. The van der Waals surface area contributed by atoms with E-state index in [1.54, 1.807) is 0 Å². The lowest BCUT2D eigenvalue weighted by molar-refractivity contribution is 0.154. The summed E-state index contributed by atoms with van der Waals surface area (Å²) in [5.74, 6) is 0.741. The average Bonchev–Trinajstić information content (AvgIpc) is 2.31. The second kappa shape index (κ2) is 7.11. The van der Waals surface area contributed by atoms with Crippen molar-refractivity contribution >= 4 is 11.4 Å². The van der Waals surface area contributed by atoms with Crippen LogP contribution in [-0.4, -0.2) is 32.9 Å². The largest absolute Gasteiger partial charge is 0.489 e. The molecule has 0 radical (unpaired) electrons. The molecule has 0 atom stereocenters. The highest BCUT2D eigenvalue weighted by molar-refractivity contribution is 5.62. The summed E-state index contributed by atoms with van der Waals surface area (Å²) in [4.78, 5) is 2.13. The first-order valence-corrected chi connectivity index (χ1v) is 6.39. The first kappa shape index (κ1) is 14.6. The molecule has 0 amide bonds. The lowest BCUT2D eigenvalue weighted by atomic mass is 10.2. The molecule has 0 aliphatic heterocycles. The average molecular weight is 252 g/mol. The Morgan fingerprint density at radius 2 is 2.06 bits per heavy atom. The molecule has 0 aromatic heterocycles.